The maximum atomic E-state index is 5.60. The number of nitrogens with one attached hydrogen (secondary N) is 1. The molecular weight excluding hydrogens is 334 g/mol. The molecule has 0 aromatic carbocycles. The summed E-state index contributed by atoms with van der Waals surface area (Å²) < 4.78 is 10.9. The van der Waals surface area contributed by atoms with Gasteiger partial charge in [-0.15, -0.1) is 0 Å². The normalized spacial score (nSPS) is 18.4. The highest BCUT2D eigenvalue weighted by molar-refractivity contribution is 5.54. The standard InChI is InChI=1S/C17H31N7O2/c1-22(4-2-18)5-3-19-15-14-16(23-6-10-25-11-7-23)21-17(20-15)24-8-12-26-13-9-24/h14H,2-13,18H2,1H3,(H,19,20,21). The Balaban J connectivity index is 1.71. The Bertz CT molecular complexity index is 512. The smallest absolute Gasteiger partial charge is 0.229 e. The van der Waals surface area contributed by atoms with Crippen molar-refractivity contribution in [2.75, 3.05) is 101 Å². The van der Waals surface area contributed by atoms with Crippen LogP contribution in [0.1, 0.15) is 0 Å². The van der Waals surface area contributed by atoms with Gasteiger partial charge < -0.3 is 35.2 Å². The Kier molecular flexibility index (Phi) is 7.24. The number of hydrogen-bond donors (Lipinski definition) is 2. The molecule has 2 fully saturated rings. The average Bonchev–Trinajstić information content (AvgIpc) is 2.69. The molecule has 2 aliphatic rings. The van der Waals surface area contributed by atoms with Crippen LogP contribution in [0.15, 0.2) is 6.07 Å². The van der Waals surface area contributed by atoms with E-state index in [9.17, 15) is 0 Å². The maximum absolute atomic E-state index is 5.60. The zero-order valence-corrected chi connectivity index (χ0v) is 15.7. The highest BCUT2D eigenvalue weighted by Gasteiger charge is 2.19. The number of nitrogens with zero attached hydrogens (tertiary/aromatic N) is 5. The van der Waals surface area contributed by atoms with Gasteiger partial charge in [-0.2, -0.15) is 9.97 Å². The van der Waals surface area contributed by atoms with E-state index in [1.165, 1.54) is 0 Å². The minimum atomic E-state index is 0.673. The summed E-state index contributed by atoms with van der Waals surface area (Å²) in [6.07, 6.45) is 0. The van der Waals surface area contributed by atoms with E-state index < -0.39 is 0 Å². The van der Waals surface area contributed by atoms with Crippen molar-refractivity contribution < 1.29 is 9.47 Å². The molecule has 146 valence electrons. The first-order valence-electron chi connectivity index (χ1n) is 9.43. The summed E-state index contributed by atoms with van der Waals surface area (Å²) in [7, 11) is 2.08. The SMILES string of the molecule is CN(CCN)CCNc1cc(N2CCOCC2)nc(N2CCOCC2)n1. The van der Waals surface area contributed by atoms with E-state index in [0.717, 1.165) is 89.8 Å². The fourth-order valence-electron chi connectivity index (χ4n) is 3.08. The van der Waals surface area contributed by atoms with Crippen molar-refractivity contribution in [2.24, 2.45) is 5.73 Å². The predicted octanol–water partition coefficient (Wildman–Crippen LogP) is -0.548. The highest BCUT2D eigenvalue weighted by Crippen LogP contribution is 2.22. The van der Waals surface area contributed by atoms with Crippen LogP contribution in [-0.2, 0) is 9.47 Å². The van der Waals surface area contributed by atoms with E-state index >= 15 is 0 Å². The first kappa shape index (κ1) is 19.1. The first-order chi connectivity index (χ1) is 12.8. The summed E-state index contributed by atoms with van der Waals surface area (Å²) >= 11 is 0. The lowest BCUT2D eigenvalue weighted by molar-refractivity contribution is 0.121. The second kappa shape index (κ2) is 9.86. The Morgan fingerprint density at radius 1 is 1.04 bits per heavy atom. The fourth-order valence-corrected chi connectivity index (χ4v) is 3.08. The lowest BCUT2D eigenvalue weighted by Gasteiger charge is -2.31. The minimum Gasteiger partial charge on any atom is -0.378 e. The van der Waals surface area contributed by atoms with Gasteiger partial charge in [0.15, 0.2) is 0 Å². The van der Waals surface area contributed by atoms with Gasteiger partial charge in [0.05, 0.1) is 26.4 Å². The van der Waals surface area contributed by atoms with Crippen LogP contribution >= 0.6 is 0 Å². The van der Waals surface area contributed by atoms with Gasteiger partial charge in [-0.1, -0.05) is 0 Å². The van der Waals surface area contributed by atoms with Gasteiger partial charge in [0.25, 0.3) is 0 Å². The molecule has 2 aliphatic heterocycles. The summed E-state index contributed by atoms with van der Waals surface area (Å²) in [5.74, 6) is 2.60. The number of likely N-dealkylation sites (N-methyl/N-ethyl adjacent to an activating group) is 1. The van der Waals surface area contributed by atoms with Crippen LogP contribution < -0.4 is 20.9 Å². The second-order valence-electron chi connectivity index (χ2n) is 6.63. The third-order valence-electron chi connectivity index (χ3n) is 4.64. The van der Waals surface area contributed by atoms with Crippen molar-refractivity contribution >= 4 is 17.6 Å². The lowest BCUT2D eigenvalue weighted by atomic mass is 10.3. The monoisotopic (exact) mass is 365 g/mol. The predicted molar refractivity (Wildman–Crippen MR) is 103 cm³/mol. The third-order valence-corrected chi connectivity index (χ3v) is 4.64. The Labute approximate surface area is 155 Å². The zero-order chi connectivity index (χ0) is 18.2. The molecule has 9 heteroatoms. The summed E-state index contributed by atoms with van der Waals surface area (Å²) in [5, 5.41) is 3.44. The number of anilines is 3. The molecule has 0 atom stereocenters. The Morgan fingerprint density at radius 2 is 1.69 bits per heavy atom. The first-order valence-corrected chi connectivity index (χ1v) is 9.43. The highest BCUT2D eigenvalue weighted by atomic mass is 16.5. The molecule has 0 aliphatic carbocycles. The van der Waals surface area contributed by atoms with Crippen molar-refractivity contribution in [2.45, 2.75) is 0 Å². The third kappa shape index (κ3) is 5.41. The van der Waals surface area contributed by atoms with Gasteiger partial charge in [0, 0.05) is 58.4 Å². The molecule has 0 spiro atoms. The summed E-state index contributed by atoms with van der Waals surface area (Å²) in [6, 6.07) is 2.04. The van der Waals surface area contributed by atoms with Gasteiger partial charge in [0.2, 0.25) is 5.95 Å². The molecule has 0 radical (unpaired) electrons. The van der Waals surface area contributed by atoms with E-state index in [4.69, 9.17) is 25.2 Å². The number of morpholine rings is 2. The number of rotatable bonds is 8. The molecule has 26 heavy (non-hydrogen) atoms. The molecule has 9 nitrogen and oxygen atoms in total. The van der Waals surface area contributed by atoms with E-state index in [2.05, 4.69) is 27.1 Å². The van der Waals surface area contributed by atoms with Gasteiger partial charge >= 0.3 is 0 Å². The topological polar surface area (TPSA) is 92.0 Å². The van der Waals surface area contributed by atoms with Crippen LogP contribution in [0.3, 0.4) is 0 Å². The quantitative estimate of drug-likeness (QED) is 0.630. The van der Waals surface area contributed by atoms with Crippen LogP contribution in [0, 0.1) is 0 Å². The molecule has 0 bridgehead atoms. The lowest BCUT2D eigenvalue weighted by Crippen LogP contribution is -2.39. The number of aromatic nitrogens is 2. The van der Waals surface area contributed by atoms with Gasteiger partial charge in [-0.05, 0) is 7.05 Å². The zero-order valence-electron chi connectivity index (χ0n) is 15.7. The van der Waals surface area contributed by atoms with Crippen molar-refractivity contribution in [1.82, 2.24) is 14.9 Å². The Morgan fingerprint density at radius 3 is 2.35 bits per heavy atom. The largest absolute Gasteiger partial charge is 0.378 e. The van der Waals surface area contributed by atoms with Crippen LogP contribution in [0.2, 0.25) is 0 Å². The van der Waals surface area contributed by atoms with Crippen molar-refractivity contribution in [1.29, 1.82) is 0 Å². The van der Waals surface area contributed by atoms with E-state index in [-0.39, 0.29) is 0 Å². The number of hydrogen-bond acceptors (Lipinski definition) is 9. The van der Waals surface area contributed by atoms with Crippen LogP contribution in [0.25, 0.3) is 0 Å². The van der Waals surface area contributed by atoms with E-state index in [0.29, 0.717) is 6.54 Å². The van der Waals surface area contributed by atoms with Gasteiger partial charge in [-0.3, -0.25) is 0 Å². The summed E-state index contributed by atoms with van der Waals surface area (Å²) in [4.78, 5) is 16.2. The molecule has 2 saturated heterocycles. The molecular formula is C17H31N7O2. The van der Waals surface area contributed by atoms with Crippen molar-refractivity contribution in [3.63, 3.8) is 0 Å². The summed E-state index contributed by atoms with van der Waals surface area (Å²) in [5.41, 5.74) is 5.60. The van der Waals surface area contributed by atoms with Crippen molar-refractivity contribution in [3.8, 4) is 0 Å². The molecule has 0 amide bonds. The molecule has 1 aromatic heterocycles. The van der Waals surface area contributed by atoms with E-state index in [1.54, 1.807) is 0 Å². The van der Waals surface area contributed by atoms with Crippen molar-refractivity contribution in [3.05, 3.63) is 6.07 Å². The van der Waals surface area contributed by atoms with E-state index in [1.807, 2.05) is 6.07 Å². The average molecular weight is 365 g/mol. The molecule has 3 N–H and O–H groups in total. The summed E-state index contributed by atoms with van der Waals surface area (Å²) in [6.45, 7) is 9.59. The number of ether oxygens (including phenoxy) is 2. The fraction of sp³-hybridized carbons (Fsp3) is 0.765. The van der Waals surface area contributed by atoms with Crippen LogP contribution in [-0.4, -0.2) is 101 Å². The Hall–Kier alpha value is -1.68. The molecule has 0 unspecified atom stereocenters. The van der Waals surface area contributed by atoms with Gasteiger partial charge in [-0.25, -0.2) is 0 Å². The molecule has 3 heterocycles. The van der Waals surface area contributed by atoms with Crippen LogP contribution in [0.4, 0.5) is 17.6 Å². The number of nitrogens with two attached hydrogens (primary N) is 1. The molecule has 1 aromatic rings. The maximum Gasteiger partial charge on any atom is 0.229 e. The second-order valence-corrected chi connectivity index (χ2v) is 6.63. The van der Waals surface area contributed by atoms with Gasteiger partial charge in [0.1, 0.15) is 11.6 Å². The molecule has 0 saturated carbocycles. The minimum absolute atomic E-state index is 0.673. The molecule has 3 rings (SSSR count). The van der Waals surface area contributed by atoms with Crippen LogP contribution in [0.5, 0.6) is 0 Å².